The van der Waals surface area contributed by atoms with Crippen LogP contribution in [0.25, 0.3) is 11.0 Å². The lowest BCUT2D eigenvalue weighted by molar-refractivity contribution is 0.263. The van der Waals surface area contributed by atoms with Gasteiger partial charge < -0.3 is 9.47 Å². The molecule has 0 unspecified atom stereocenters. The van der Waals surface area contributed by atoms with Gasteiger partial charge in [-0.2, -0.15) is 5.26 Å². The molecule has 0 atom stereocenters. The van der Waals surface area contributed by atoms with Gasteiger partial charge in [0.25, 0.3) is 0 Å². The van der Waals surface area contributed by atoms with Crippen molar-refractivity contribution in [3.8, 4) is 6.07 Å². The Hall–Kier alpha value is -1.57. The van der Waals surface area contributed by atoms with Crippen LogP contribution >= 0.6 is 11.6 Å². The summed E-state index contributed by atoms with van der Waals surface area (Å²) < 4.78 is 2.11. The van der Waals surface area contributed by atoms with Crippen LogP contribution in [0.15, 0.2) is 18.2 Å². The Morgan fingerprint density at radius 3 is 2.80 bits per heavy atom. The molecule has 0 N–H and O–H groups in total. The van der Waals surface area contributed by atoms with Gasteiger partial charge in [0.15, 0.2) is 0 Å². The Kier molecular flexibility index (Phi) is 4.64. The summed E-state index contributed by atoms with van der Waals surface area (Å²) in [5.74, 6) is 1.17. The summed E-state index contributed by atoms with van der Waals surface area (Å²) >= 11 is 6.00. The van der Waals surface area contributed by atoms with Crippen molar-refractivity contribution in [1.82, 2.24) is 14.5 Å². The molecule has 5 heteroatoms. The minimum absolute atomic E-state index is 0.352. The predicted molar refractivity (Wildman–Crippen MR) is 81.8 cm³/mol. The Bertz CT molecular complexity index is 639. The molecule has 1 aromatic heterocycles. The van der Waals surface area contributed by atoms with Gasteiger partial charge >= 0.3 is 0 Å². The number of alkyl halides is 1. The lowest BCUT2D eigenvalue weighted by Gasteiger charge is -2.21. The van der Waals surface area contributed by atoms with Gasteiger partial charge in [0.1, 0.15) is 17.4 Å². The van der Waals surface area contributed by atoms with E-state index in [4.69, 9.17) is 16.9 Å². The summed E-state index contributed by atoms with van der Waals surface area (Å²) in [6.45, 7) is 6.08. The first-order chi connectivity index (χ1) is 9.58. The number of likely N-dealkylation sites (N-methyl/N-ethyl adjacent to an activating group) is 1. The van der Waals surface area contributed by atoms with Gasteiger partial charge in [-0.15, -0.1) is 11.6 Å². The van der Waals surface area contributed by atoms with Gasteiger partial charge in [0.05, 0.1) is 17.0 Å². The molecule has 20 heavy (non-hydrogen) atoms. The monoisotopic (exact) mass is 290 g/mol. The largest absolute Gasteiger partial charge is 0.326 e. The van der Waals surface area contributed by atoms with E-state index in [-0.39, 0.29) is 0 Å². The predicted octanol–water partition coefficient (Wildman–Crippen LogP) is 2.99. The van der Waals surface area contributed by atoms with Crippen molar-refractivity contribution >= 4 is 22.6 Å². The van der Waals surface area contributed by atoms with Crippen LogP contribution in [0.4, 0.5) is 0 Å². The van der Waals surface area contributed by atoms with Crippen molar-refractivity contribution in [3.05, 3.63) is 29.6 Å². The number of aromatic nitrogens is 2. The van der Waals surface area contributed by atoms with E-state index in [1.807, 2.05) is 12.1 Å². The molecule has 0 spiro atoms. The van der Waals surface area contributed by atoms with Crippen molar-refractivity contribution in [1.29, 1.82) is 5.26 Å². The Morgan fingerprint density at radius 2 is 2.20 bits per heavy atom. The molecule has 0 aliphatic carbocycles. The van der Waals surface area contributed by atoms with Gasteiger partial charge in [-0.3, -0.25) is 0 Å². The number of hydrogen-bond donors (Lipinski definition) is 0. The van der Waals surface area contributed by atoms with E-state index in [0.29, 0.717) is 17.5 Å². The Balaban J connectivity index is 2.39. The zero-order valence-electron chi connectivity index (χ0n) is 12.1. The standard InChI is InChI=1S/C15H19ClN4/c1-11(2)19(3)7-8-20-13-6-4-5-12(10-17)15(13)18-14(20)9-16/h4-6,11H,7-9H2,1-3H3. The van der Waals surface area contributed by atoms with Crippen molar-refractivity contribution in [2.75, 3.05) is 13.6 Å². The number of nitriles is 1. The number of hydrogen-bond acceptors (Lipinski definition) is 3. The van der Waals surface area contributed by atoms with Crippen LogP contribution in [-0.4, -0.2) is 34.1 Å². The number of para-hydroxylation sites is 1. The fourth-order valence-electron chi connectivity index (χ4n) is 2.15. The molecule has 0 fully saturated rings. The van der Waals surface area contributed by atoms with Crippen LogP contribution in [0.3, 0.4) is 0 Å². The molecule has 0 saturated heterocycles. The molecule has 2 aromatic rings. The van der Waals surface area contributed by atoms with E-state index in [1.165, 1.54) is 0 Å². The van der Waals surface area contributed by atoms with E-state index in [0.717, 1.165) is 29.9 Å². The average Bonchev–Trinajstić information content (AvgIpc) is 2.82. The highest BCUT2D eigenvalue weighted by Crippen LogP contribution is 2.21. The van der Waals surface area contributed by atoms with Gasteiger partial charge in [-0.05, 0) is 33.0 Å². The van der Waals surface area contributed by atoms with Crippen LogP contribution in [0.5, 0.6) is 0 Å². The highest BCUT2D eigenvalue weighted by molar-refractivity contribution is 6.16. The summed E-state index contributed by atoms with van der Waals surface area (Å²) in [6.07, 6.45) is 0. The quantitative estimate of drug-likeness (QED) is 0.795. The first-order valence-corrected chi connectivity index (χ1v) is 7.26. The number of imidazole rings is 1. The van der Waals surface area contributed by atoms with Crippen molar-refractivity contribution in [3.63, 3.8) is 0 Å². The summed E-state index contributed by atoms with van der Waals surface area (Å²) in [5.41, 5.74) is 2.33. The molecule has 0 saturated carbocycles. The van der Waals surface area contributed by atoms with Crippen LogP contribution in [0, 0.1) is 11.3 Å². The SMILES string of the molecule is CC(C)N(C)CCn1c(CCl)nc2c(C#N)cccc21. The minimum atomic E-state index is 0.352. The van der Waals surface area contributed by atoms with Crippen molar-refractivity contribution in [2.45, 2.75) is 32.3 Å². The zero-order chi connectivity index (χ0) is 14.7. The molecule has 0 aliphatic heterocycles. The maximum atomic E-state index is 9.16. The van der Waals surface area contributed by atoms with Gasteiger partial charge in [0.2, 0.25) is 0 Å². The molecular formula is C15H19ClN4. The summed E-state index contributed by atoms with van der Waals surface area (Å²) in [5, 5.41) is 9.16. The Labute approximate surface area is 124 Å². The maximum absolute atomic E-state index is 9.16. The van der Waals surface area contributed by atoms with E-state index in [1.54, 1.807) is 6.07 Å². The molecule has 2 rings (SSSR count). The molecule has 0 bridgehead atoms. The number of nitrogens with zero attached hydrogens (tertiary/aromatic N) is 4. The molecule has 1 heterocycles. The normalized spacial score (nSPS) is 11.4. The van der Waals surface area contributed by atoms with Gasteiger partial charge in [-0.25, -0.2) is 4.98 Å². The van der Waals surface area contributed by atoms with Crippen LogP contribution < -0.4 is 0 Å². The molecule has 1 aromatic carbocycles. The highest BCUT2D eigenvalue weighted by Gasteiger charge is 2.13. The molecule has 106 valence electrons. The third kappa shape index (κ3) is 2.79. The third-order valence-corrected chi connectivity index (χ3v) is 3.89. The second-order valence-corrected chi connectivity index (χ2v) is 5.44. The van der Waals surface area contributed by atoms with Gasteiger partial charge in [-0.1, -0.05) is 6.07 Å². The number of halogens is 1. The van der Waals surface area contributed by atoms with Crippen LogP contribution in [-0.2, 0) is 12.4 Å². The average molecular weight is 291 g/mol. The van der Waals surface area contributed by atoms with Crippen LogP contribution in [0.1, 0.15) is 25.2 Å². The first-order valence-electron chi connectivity index (χ1n) is 6.73. The second kappa shape index (κ2) is 6.25. The first kappa shape index (κ1) is 14.8. The lowest BCUT2D eigenvalue weighted by atomic mass is 10.2. The highest BCUT2D eigenvalue weighted by atomic mass is 35.5. The second-order valence-electron chi connectivity index (χ2n) is 5.17. The van der Waals surface area contributed by atoms with E-state index < -0.39 is 0 Å². The molecule has 0 aliphatic rings. The van der Waals surface area contributed by atoms with E-state index in [2.05, 4.69) is 41.4 Å². The smallest absolute Gasteiger partial charge is 0.124 e. The van der Waals surface area contributed by atoms with Crippen LogP contribution in [0.2, 0.25) is 0 Å². The van der Waals surface area contributed by atoms with Crippen molar-refractivity contribution < 1.29 is 0 Å². The maximum Gasteiger partial charge on any atom is 0.124 e. The fourth-order valence-corrected chi connectivity index (χ4v) is 2.36. The molecule has 4 nitrogen and oxygen atoms in total. The number of benzene rings is 1. The number of rotatable bonds is 5. The third-order valence-electron chi connectivity index (χ3n) is 3.66. The molecular weight excluding hydrogens is 272 g/mol. The zero-order valence-corrected chi connectivity index (χ0v) is 12.9. The molecule has 0 amide bonds. The lowest BCUT2D eigenvalue weighted by Crippen LogP contribution is -2.30. The fraction of sp³-hybridized carbons (Fsp3) is 0.467. The summed E-state index contributed by atoms with van der Waals surface area (Å²) in [7, 11) is 2.10. The number of fused-ring (bicyclic) bond motifs is 1. The van der Waals surface area contributed by atoms with E-state index in [9.17, 15) is 0 Å². The summed E-state index contributed by atoms with van der Waals surface area (Å²) in [4.78, 5) is 6.79. The summed E-state index contributed by atoms with van der Waals surface area (Å²) in [6, 6.07) is 8.36. The minimum Gasteiger partial charge on any atom is -0.326 e. The molecule has 0 radical (unpaired) electrons. The Morgan fingerprint density at radius 1 is 1.45 bits per heavy atom. The van der Waals surface area contributed by atoms with Crippen molar-refractivity contribution in [2.24, 2.45) is 0 Å². The van der Waals surface area contributed by atoms with Gasteiger partial charge in [0, 0.05) is 19.1 Å². The van der Waals surface area contributed by atoms with E-state index >= 15 is 0 Å². The topological polar surface area (TPSA) is 44.9 Å².